The van der Waals surface area contributed by atoms with E-state index in [0.717, 1.165) is 0 Å². The predicted molar refractivity (Wildman–Crippen MR) is 66.0 cm³/mol. The molecule has 0 amide bonds. The molecule has 0 heterocycles. The Hall–Kier alpha value is -0.363. The summed E-state index contributed by atoms with van der Waals surface area (Å²) in [4.78, 5) is 0. The summed E-state index contributed by atoms with van der Waals surface area (Å²) >= 11 is 0. The summed E-state index contributed by atoms with van der Waals surface area (Å²) in [6, 6.07) is 0. The highest BCUT2D eigenvalue weighted by Gasteiger charge is 2.43. The van der Waals surface area contributed by atoms with Crippen molar-refractivity contribution in [1.82, 2.24) is 0 Å². The summed E-state index contributed by atoms with van der Waals surface area (Å²) < 4.78 is 22.5. The summed E-state index contributed by atoms with van der Waals surface area (Å²) in [7, 11) is -2.67. The fourth-order valence-corrected chi connectivity index (χ4v) is 3.62. The third-order valence-electron chi connectivity index (χ3n) is 1.64. The maximum absolute atomic E-state index is 5.80. The molecule has 0 bridgehead atoms. The second kappa shape index (κ2) is 8.75. The van der Waals surface area contributed by atoms with Gasteiger partial charge in [0.2, 0.25) is 0 Å². The van der Waals surface area contributed by atoms with E-state index in [4.69, 9.17) is 18.0 Å². The van der Waals surface area contributed by atoms with Gasteiger partial charge >= 0.3 is 8.80 Å². The van der Waals surface area contributed by atoms with Crippen molar-refractivity contribution in [3.63, 3.8) is 0 Å². The molecule has 0 aromatic heterocycles. The van der Waals surface area contributed by atoms with Crippen molar-refractivity contribution in [2.45, 2.75) is 40.7 Å². The first-order valence-electron chi connectivity index (χ1n) is 5.78. The van der Waals surface area contributed by atoms with Crippen LogP contribution in [0.25, 0.3) is 0 Å². The van der Waals surface area contributed by atoms with Crippen molar-refractivity contribution in [1.29, 1.82) is 0 Å². The Balaban J connectivity index is 4.49. The highest BCUT2D eigenvalue weighted by molar-refractivity contribution is 6.60. The molecule has 16 heavy (non-hydrogen) atoms. The number of ether oxygens (including phenoxy) is 1. The monoisotopic (exact) mass is 248 g/mol. The summed E-state index contributed by atoms with van der Waals surface area (Å²) in [6.07, 6.45) is 3.88. The van der Waals surface area contributed by atoms with Crippen molar-refractivity contribution in [2.24, 2.45) is 0 Å². The minimum atomic E-state index is -2.67. The molecule has 0 spiro atoms. The zero-order valence-corrected chi connectivity index (χ0v) is 12.0. The van der Waals surface area contributed by atoms with E-state index in [1.165, 1.54) is 0 Å². The normalized spacial score (nSPS) is 12.6. The Labute approximate surface area is 99.9 Å². The van der Waals surface area contributed by atoms with Crippen LogP contribution >= 0.6 is 0 Å². The number of rotatable bonds is 9. The zero-order valence-electron chi connectivity index (χ0n) is 11.0. The molecular weight excluding hydrogens is 224 g/mol. The van der Waals surface area contributed by atoms with Gasteiger partial charge in [0.1, 0.15) is 0 Å². The smallest absolute Gasteiger partial charge is 0.497 e. The van der Waals surface area contributed by atoms with Gasteiger partial charge in [-0.05, 0) is 34.6 Å². The number of hydrogen-bond acceptors (Lipinski definition) is 4. The lowest BCUT2D eigenvalue weighted by molar-refractivity contribution is 0.0242. The SMILES string of the molecule is CC=COC[Si](OCC)(OCC)OC(C)C. The molecule has 0 N–H and O–H groups in total. The van der Waals surface area contributed by atoms with Crippen molar-refractivity contribution >= 4 is 8.80 Å². The quantitative estimate of drug-likeness (QED) is 0.464. The molecular formula is C11H24O4Si. The fraction of sp³-hybridized carbons (Fsp3) is 0.818. The molecule has 0 rings (SSSR count). The molecule has 0 aliphatic heterocycles. The molecule has 0 radical (unpaired) electrons. The standard InChI is InChI=1S/C11H24O4Si/c1-6-9-12-10-16(13-7-2,14-8-3)15-11(4)5/h6,9,11H,7-8,10H2,1-5H3. The van der Waals surface area contributed by atoms with Crippen LogP contribution in [0.15, 0.2) is 12.3 Å². The number of allylic oxidation sites excluding steroid dienone is 1. The largest absolute Gasteiger partial charge is 0.540 e. The molecule has 0 saturated carbocycles. The van der Waals surface area contributed by atoms with Crippen LogP contribution < -0.4 is 0 Å². The van der Waals surface area contributed by atoms with Gasteiger partial charge in [0.05, 0.1) is 6.26 Å². The molecule has 5 heteroatoms. The summed E-state index contributed by atoms with van der Waals surface area (Å²) in [5, 5.41) is 0. The Morgan fingerprint density at radius 1 is 1.12 bits per heavy atom. The van der Waals surface area contributed by atoms with Crippen LogP contribution in [-0.2, 0) is 18.0 Å². The minimum Gasteiger partial charge on any atom is -0.497 e. The molecule has 0 fully saturated rings. The fourth-order valence-electron chi connectivity index (χ4n) is 1.27. The minimum absolute atomic E-state index is 0.0685. The van der Waals surface area contributed by atoms with Crippen molar-refractivity contribution in [2.75, 3.05) is 19.4 Å². The lowest BCUT2D eigenvalue weighted by Crippen LogP contribution is -2.52. The van der Waals surface area contributed by atoms with Crippen LogP contribution in [0.4, 0.5) is 0 Å². The molecule has 0 atom stereocenters. The lowest BCUT2D eigenvalue weighted by atomic mass is 10.5. The third kappa shape index (κ3) is 6.27. The molecule has 96 valence electrons. The number of hydrogen-bond donors (Lipinski definition) is 0. The Bertz CT molecular complexity index is 188. The second-order valence-electron chi connectivity index (χ2n) is 3.50. The van der Waals surface area contributed by atoms with E-state index in [-0.39, 0.29) is 6.10 Å². The van der Waals surface area contributed by atoms with Gasteiger partial charge in [-0.3, -0.25) is 0 Å². The summed E-state index contributed by atoms with van der Waals surface area (Å²) in [5.41, 5.74) is 0. The van der Waals surface area contributed by atoms with E-state index >= 15 is 0 Å². The average molecular weight is 248 g/mol. The first-order chi connectivity index (χ1) is 7.60. The van der Waals surface area contributed by atoms with Gasteiger partial charge in [-0.15, -0.1) is 0 Å². The first-order valence-corrected chi connectivity index (χ1v) is 7.71. The summed E-state index contributed by atoms with van der Waals surface area (Å²) in [6.45, 7) is 10.8. The topological polar surface area (TPSA) is 36.9 Å². The van der Waals surface area contributed by atoms with Crippen LogP contribution in [-0.4, -0.2) is 34.4 Å². The molecule has 0 aliphatic rings. The highest BCUT2D eigenvalue weighted by atomic mass is 28.4. The van der Waals surface area contributed by atoms with E-state index in [1.807, 2.05) is 40.7 Å². The van der Waals surface area contributed by atoms with Crippen LogP contribution in [0.2, 0.25) is 0 Å². The van der Waals surface area contributed by atoms with Crippen molar-refractivity contribution in [3.05, 3.63) is 12.3 Å². The maximum atomic E-state index is 5.80. The molecule has 0 aliphatic carbocycles. The highest BCUT2D eigenvalue weighted by Crippen LogP contribution is 2.13. The van der Waals surface area contributed by atoms with E-state index in [9.17, 15) is 0 Å². The van der Waals surface area contributed by atoms with E-state index in [1.54, 1.807) is 6.26 Å². The van der Waals surface area contributed by atoms with Gasteiger partial charge in [-0.2, -0.15) is 0 Å². The summed E-state index contributed by atoms with van der Waals surface area (Å²) in [5.74, 6) is 0. The lowest BCUT2D eigenvalue weighted by Gasteiger charge is -2.29. The van der Waals surface area contributed by atoms with Crippen LogP contribution in [0.3, 0.4) is 0 Å². The van der Waals surface area contributed by atoms with Crippen LogP contribution in [0, 0.1) is 0 Å². The van der Waals surface area contributed by atoms with Gasteiger partial charge < -0.3 is 18.0 Å². The van der Waals surface area contributed by atoms with Crippen LogP contribution in [0.5, 0.6) is 0 Å². The zero-order chi connectivity index (χ0) is 12.4. The predicted octanol–water partition coefficient (Wildman–Crippen LogP) is 2.51. The maximum Gasteiger partial charge on any atom is 0.540 e. The second-order valence-corrected chi connectivity index (χ2v) is 5.96. The molecule has 0 saturated heterocycles. The van der Waals surface area contributed by atoms with Crippen molar-refractivity contribution < 1.29 is 18.0 Å². The molecule has 0 unspecified atom stereocenters. The Morgan fingerprint density at radius 3 is 2.06 bits per heavy atom. The van der Waals surface area contributed by atoms with E-state index in [2.05, 4.69) is 0 Å². The molecule has 4 nitrogen and oxygen atoms in total. The average Bonchev–Trinajstić information content (AvgIpc) is 2.17. The van der Waals surface area contributed by atoms with Gasteiger partial charge in [0.15, 0.2) is 6.23 Å². The Morgan fingerprint density at radius 2 is 1.69 bits per heavy atom. The van der Waals surface area contributed by atoms with E-state index in [0.29, 0.717) is 19.4 Å². The van der Waals surface area contributed by atoms with Gasteiger partial charge in [-0.25, -0.2) is 0 Å². The van der Waals surface area contributed by atoms with Gasteiger partial charge in [0.25, 0.3) is 0 Å². The molecule has 0 aromatic carbocycles. The van der Waals surface area contributed by atoms with Crippen molar-refractivity contribution in [3.8, 4) is 0 Å². The van der Waals surface area contributed by atoms with Gasteiger partial charge in [-0.1, -0.05) is 6.08 Å². The third-order valence-corrected chi connectivity index (χ3v) is 4.44. The van der Waals surface area contributed by atoms with E-state index < -0.39 is 8.80 Å². The van der Waals surface area contributed by atoms with Crippen LogP contribution in [0.1, 0.15) is 34.6 Å². The molecule has 0 aromatic rings. The first kappa shape index (κ1) is 15.6. The Kier molecular flexibility index (Phi) is 8.55. The van der Waals surface area contributed by atoms with Gasteiger partial charge in [0, 0.05) is 19.3 Å².